The van der Waals surface area contributed by atoms with Crippen LogP contribution in [0.25, 0.3) is 6.08 Å². The van der Waals surface area contributed by atoms with Crippen LogP contribution >= 0.6 is 24.0 Å². The molecule has 7 heteroatoms. The average Bonchev–Trinajstić information content (AvgIpc) is 3.22. The van der Waals surface area contributed by atoms with Gasteiger partial charge in [0.1, 0.15) is 10.1 Å². The molecule has 2 heterocycles. The smallest absolute Gasteiger partial charge is 0.266 e. The number of hydrogen-bond acceptors (Lipinski definition) is 6. The molecule has 0 bridgehead atoms. The fourth-order valence-corrected chi connectivity index (χ4v) is 4.00. The highest BCUT2D eigenvalue weighted by Crippen LogP contribution is 2.36. The van der Waals surface area contributed by atoms with E-state index in [9.17, 15) is 4.79 Å². The molecule has 2 aliphatic heterocycles. The van der Waals surface area contributed by atoms with Gasteiger partial charge in [-0.2, -0.15) is 0 Å². The molecule has 5 nitrogen and oxygen atoms in total. The molecule has 0 spiro atoms. The van der Waals surface area contributed by atoms with Gasteiger partial charge in [-0.25, -0.2) is 0 Å². The van der Waals surface area contributed by atoms with Gasteiger partial charge in [-0.1, -0.05) is 42.2 Å². The minimum absolute atomic E-state index is 0.0968. The monoisotopic (exact) mass is 385 g/mol. The van der Waals surface area contributed by atoms with Gasteiger partial charge < -0.3 is 14.2 Å². The highest BCUT2D eigenvalue weighted by Gasteiger charge is 2.32. The van der Waals surface area contributed by atoms with Gasteiger partial charge in [0.25, 0.3) is 5.91 Å². The molecule has 1 amide bonds. The van der Waals surface area contributed by atoms with Crippen LogP contribution in [0.3, 0.4) is 0 Å². The maximum Gasteiger partial charge on any atom is 0.266 e. The highest BCUT2D eigenvalue weighted by molar-refractivity contribution is 8.26. The number of rotatable bonds is 4. The van der Waals surface area contributed by atoms with E-state index in [0.29, 0.717) is 21.5 Å². The van der Waals surface area contributed by atoms with Crippen LogP contribution in [0.5, 0.6) is 17.2 Å². The summed E-state index contributed by atoms with van der Waals surface area (Å²) in [5, 5.41) is 0. The van der Waals surface area contributed by atoms with Gasteiger partial charge in [0, 0.05) is 0 Å². The van der Waals surface area contributed by atoms with Crippen LogP contribution in [-0.4, -0.2) is 29.0 Å². The predicted octanol–water partition coefficient (Wildman–Crippen LogP) is 3.83. The lowest BCUT2D eigenvalue weighted by molar-refractivity contribution is -0.122. The Hall–Kier alpha value is -2.51. The summed E-state index contributed by atoms with van der Waals surface area (Å²) in [6.07, 6.45) is 1.83. The first-order chi connectivity index (χ1) is 12.6. The molecule has 2 aliphatic rings. The van der Waals surface area contributed by atoms with Gasteiger partial charge >= 0.3 is 0 Å². The summed E-state index contributed by atoms with van der Waals surface area (Å²) in [5.41, 5.74) is 1.83. The Morgan fingerprint density at radius 1 is 1.23 bits per heavy atom. The van der Waals surface area contributed by atoms with Gasteiger partial charge in [0.2, 0.25) is 6.79 Å². The zero-order valence-electron chi connectivity index (χ0n) is 13.9. The van der Waals surface area contributed by atoms with Crippen molar-refractivity contribution in [2.24, 2.45) is 0 Å². The van der Waals surface area contributed by atoms with E-state index in [2.05, 4.69) is 0 Å². The Bertz CT molecular complexity index is 926. The van der Waals surface area contributed by atoms with Gasteiger partial charge in [-0.05, 0) is 41.5 Å². The number of amides is 1. The van der Waals surface area contributed by atoms with Crippen LogP contribution in [0.15, 0.2) is 47.4 Å². The Balaban J connectivity index is 1.54. The molecule has 1 fully saturated rings. The van der Waals surface area contributed by atoms with E-state index in [-0.39, 0.29) is 12.7 Å². The second kappa shape index (κ2) is 7.01. The predicted molar refractivity (Wildman–Crippen MR) is 104 cm³/mol. The van der Waals surface area contributed by atoms with E-state index in [1.165, 1.54) is 11.8 Å². The molecule has 1 saturated heterocycles. The van der Waals surface area contributed by atoms with Crippen molar-refractivity contribution in [1.29, 1.82) is 0 Å². The number of carbonyl (C=O) groups is 1. The Kier molecular flexibility index (Phi) is 4.57. The van der Waals surface area contributed by atoms with E-state index in [4.69, 9.17) is 26.4 Å². The summed E-state index contributed by atoms with van der Waals surface area (Å²) in [6.45, 7) is 0.625. The standard InChI is InChI=1S/C19H15NO4S2/c1-22-14-4-2-3-12(7-14)9-17-18(21)20(19(25)26-17)10-13-5-6-15-16(8-13)24-11-23-15/h2-9H,10-11H2,1H3/b17-9-. The number of hydrogen-bond donors (Lipinski definition) is 0. The summed E-state index contributed by atoms with van der Waals surface area (Å²) >= 11 is 6.71. The Morgan fingerprint density at radius 2 is 2.08 bits per heavy atom. The molecule has 0 saturated carbocycles. The van der Waals surface area contributed by atoms with E-state index in [1.807, 2.05) is 48.5 Å². The largest absolute Gasteiger partial charge is 0.497 e. The minimum atomic E-state index is -0.0968. The van der Waals surface area contributed by atoms with Crippen LogP contribution in [0.1, 0.15) is 11.1 Å². The lowest BCUT2D eigenvalue weighted by atomic mass is 10.1. The van der Waals surface area contributed by atoms with Crippen molar-refractivity contribution in [3.8, 4) is 17.2 Å². The number of thioether (sulfide) groups is 1. The van der Waals surface area contributed by atoms with Crippen molar-refractivity contribution in [2.45, 2.75) is 6.54 Å². The quantitative estimate of drug-likeness (QED) is 0.589. The zero-order chi connectivity index (χ0) is 18.1. The molecule has 0 atom stereocenters. The maximum absolute atomic E-state index is 12.8. The Morgan fingerprint density at radius 3 is 2.92 bits per heavy atom. The summed E-state index contributed by atoms with van der Waals surface area (Å²) < 4.78 is 16.5. The number of benzene rings is 2. The van der Waals surface area contributed by atoms with Crippen LogP contribution in [0, 0.1) is 0 Å². The average molecular weight is 385 g/mol. The first kappa shape index (κ1) is 16.9. The number of nitrogens with zero attached hydrogens (tertiary/aromatic N) is 1. The molecule has 0 N–H and O–H groups in total. The second-order valence-electron chi connectivity index (χ2n) is 5.73. The van der Waals surface area contributed by atoms with Gasteiger partial charge in [-0.15, -0.1) is 0 Å². The molecular weight excluding hydrogens is 370 g/mol. The first-order valence-electron chi connectivity index (χ1n) is 7.92. The van der Waals surface area contributed by atoms with E-state index < -0.39 is 0 Å². The maximum atomic E-state index is 12.8. The number of methoxy groups -OCH3 is 1. The van der Waals surface area contributed by atoms with Crippen molar-refractivity contribution in [3.63, 3.8) is 0 Å². The molecule has 2 aromatic carbocycles. The van der Waals surface area contributed by atoms with Crippen molar-refractivity contribution in [3.05, 3.63) is 58.5 Å². The van der Waals surface area contributed by atoms with Gasteiger partial charge in [-0.3, -0.25) is 9.69 Å². The van der Waals surface area contributed by atoms with Crippen LogP contribution in [0.4, 0.5) is 0 Å². The molecule has 0 unspecified atom stereocenters. The number of fused-ring (bicyclic) bond motifs is 1. The molecular formula is C19H15NO4S2. The highest BCUT2D eigenvalue weighted by atomic mass is 32.2. The summed E-state index contributed by atoms with van der Waals surface area (Å²) in [5.74, 6) is 2.06. The summed E-state index contributed by atoms with van der Waals surface area (Å²) in [6, 6.07) is 13.2. The third-order valence-electron chi connectivity index (χ3n) is 4.04. The van der Waals surface area contributed by atoms with Crippen LogP contribution < -0.4 is 14.2 Å². The minimum Gasteiger partial charge on any atom is -0.497 e. The third-order valence-corrected chi connectivity index (χ3v) is 5.42. The number of thiocarbonyl (C=S) groups is 1. The zero-order valence-corrected chi connectivity index (χ0v) is 15.6. The summed E-state index contributed by atoms with van der Waals surface area (Å²) in [4.78, 5) is 15.0. The van der Waals surface area contributed by atoms with E-state index in [0.717, 1.165) is 22.6 Å². The van der Waals surface area contributed by atoms with Crippen molar-refractivity contribution >= 4 is 40.3 Å². The lowest BCUT2D eigenvalue weighted by Gasteiger charge is -2.14. The summed E-state index contributed by atoms with van der Waals surface area (Å²) in [7, 11) is 1.62. The number of carbonyl (C=O) groups excluding carboxylic acids is 1. The number of ether oxygens (including phenoxy) is 3. The first-order valence-corrected chi connectivity index (χ1v) is 9.14. The molecule has 0 aliphatic carbocycles. The lowest BCUT2D eigenvalue weighted by Crippen LogP contribution is -2.27. The molecule has 0 aromatic heterocycles. The van der Waals surface area contributed by atoms with Crippen LogP contribution in [-0.2, 0) is 11.3 Å². The van der Waals surface area contributed by atoms with Crippen molar-refractivity contribution in [1.82, 2.24) is 4.90 Å². The van der Waals surface area contributed by atoms with Crippen molar-refractivity contribution in [2.75, 3.05) is 13.9 Å². The molecule has 4 rings (SSSR count). The van der Waals surface area contributed by atoms with Crippen molar-refractivity contribution < 1.29 is 19.0 Å². The molecule has 2 aromatic rings. The fraction of sp³-hybridized carbons (Fsp3) is 0.158. The second-order valence-corrected chi connectivity index (χ2v) is 7.41. The molecule has 0 radical (unpaired) electrons. The topological polar surface area (TPSA) is 48.0 Å². The SMILES string of the molecule is COc1cccc(/C=C2\SC(=S)N(Cc3ccc4c(c3)OCO4)C2=O)c1. The fourth-order valence-electron chi connectivity index (χ4n) is 2.74. The van der Waals surface area contributed by atoms with Crippen LogP contribution in [0.2, 0.25) is 0 Å². The molecule has 132 valence electrons. The van der Waals surface area contributed by atoms with E-state index >= 15 is 0 Å². The normalized spacial score (nSPS) is 17.3. The van der Waals surface area contributed by atoms with Gasteiger partial charge in [0.05, 0.1) is 18.6 Å². The third kappa shape index (κ3) is 3.27. The Labute approximate surface area is 160 Å². The van der Waals surface area contributed by atoms with Gasteiger partial charge in [0.15, 0.2) is 11.5 Å². The van der Waals surface area contributed by atoms with E-state index in [1.54, 1.807) is 12.0 Å². The molecule has 26 heavy (non-hydrogen) atoms.